The molecule has 4 heterocycles. The molecule has 10 aliphatic rings. The highest BCUT2D eigenvalue weighted by molar-refractivity contribution is 6.33. The summed E-state index contributed by atoms with van der Waals surface area (Å²) in [4.78, 5) is 101. The molecular formula is C113H119ClN4O26. The fourth-order valence-electron chi connectivity index (χ4n) is 21.6. The highest BCUT2D eigenvalue weighted by Crippen LogP contribution is 2.81. The molecule has 30 nitrogen and oxygen atoms in total. The number of rotatable bonds is 15. The van der Waals surface area contributed by atoms with Crippen molar-refractivity contribution < 1.29 is 128 Å². The normalized spacial score (nSPS) is 23.3. The first-order chi connectivity index (χ1) is 68.3. The quantitative estimate of drug-likeness (QED) is 0.0113. The lowest BCUT2D eigenvalue weighted by Crippen LogP contribution is -2.66. The second kappa shape index (κ2) is 42.7. The number of carbonyl (C=O) groups is 8. The first kappa shape index (κ1) is 105. The Balaban J connectivity index is 0.000000137. The number of ether oxygens (including phenoxy) is 6. The van der Waals surface area contributed by atoms with Crippen LogP contribution in [0.3, 0.4) is 0 Å². The van der Waals surface area contributed by atoms with Gasteiger partial charge in [0.15, 0.2) is 63.4 Å². The van der Waals surface area contributed by atoms with Crippen LogP contribution in [0, 0.1) is 54.3 Å². The number of nitrogen functional groups attached to an aromatic ring is 1. The van der Waals surface area contributed by atoms with Crippen LogP contribution in [0.2, 0.25) is 5.02 Å². The Morgan fingerprint density at radius 2 is 1.24 bits per heavy atom. The van der Waals surface area contributed by atoms with Crippen molar-refractivity contribution in [1.29, 1.82) is 0 Å². The monoisotopic (exact) mass is 1980 g/mol. The maximum atomic E-state index is 14.1. The van der Waals surface area contributed by atoms with Crippen LogP contribution in [0.15, 0.2) is 223 Å². The summed E-state index contributed by atoms with van der Waals surface area (Å²) < 4.78 is 35.0. The lowest BCUT2D eigenvalue weighted by molar-refractivity contribution is -0.163. The predicted octanol–water partition coefficient (Wildman–Crippen LogP) is 18.3. The number of aliphatic hydroxyl groups excluding tert-OH is 1. The third kappa shape index (κ3) is 20.6. The van der Waals surface area contributed by atoms with Crippen molar-refractivity contribution >= 4 is 63.7 Å². The largest absolute Gasteiger partial charge is 0.508 e. The van der Waals surface area contributed by atoms with Gasteiger partial charge in [0, 0.05) is 66.9 Å². The Labute approximate surface area is 837 Å². The smallest absolute Gasteiger partial charge is 0.255 e. The molecule has 10 aromatic carbocycles. The van der Waals surface area contributed by atoms with E-state index in [2.05, 4.69) is 49.2 Å². The number of allylic oxidation sites excluding steroid dienone is 8. The number of aliphatic hydroxyl groups is 1. The summed E-state index contributed by atoms with van der Waals surface area (Å²) in [5.74, 6) is -3.77. The number of amides is 1. The number of aryl methyl sites for hydroxylation is 3. The summed E-state index contributed by atoms with van der Waals surface area (Å²) in [5.41, 5.74) is 16.4. The second-order valence-electron chi connectivity index (χ2n) is 38.6. The van der Waals surface area contributed by atoms with Gasteiger partial charge in [-0.15, -0.1) is 0 Å². The van der Waals surface area contributed by atoms with Crippen LogP contribution in [0.25, 0.3) is 0 Å². The minimum absolute atomic E-state index is 0.00745. The van der Waals surface area contributed by atoms with E-state index < -0.39 is 79.8 Å². The fourth-order valence-corrected chi connectivity index (χ4v) is 21.8. The number of nitrogens with two attached hydrogens (primary N) is 2. The lowest BCUT2D eigenvalue weighted by Gasteiger charge is -2.62. The van der Waals surface area contributed by atoms with E-state index in [0.29, 0.717) is 81.9 Å². The molecule has 1 spiro atoms. The van der Waals surface area contributed by atoms with Crippen LogP contribution < -0.4 is 35.7 Å². The van der Waals surface area contributed by atoms with E-state index in [4.69, 9.17) is 66.8 Å². The third-order valence-electron chi connectivity index (χ3n) is 29.1. The van der Waals surface area contributed by atoms with Crippen molar-refractivity contribution in [1.82, 2.24) is 10.2 Å². The summed E-state index contributed by atoms with van der Waals surface area (Å²) >= 11 is 6.11. The number of ketones is 7. The number of likely N-dealkylation sites (tertiary alicyclic amines) is 1. The molecule has 17 N–H and O–H groups in total. The minimum atomic E-state index is -0.884. The van der Waals surface area contributed by atoms with Crippen molar-refractivity contribution in [3.8, 4) is 86.2 Å². The molecule has 4 aliphatic heterocycles. The number of epoxide rings is 1. The third-order valence-corrected chi connectivity index (χ3v) is 29.4. The SMILES string of the molecule is CC(=O)c1cc(O)c(O)c(O)c1.CC1(C)C(=O)C=CC2(C)C1=C(O)C(=O)C1(C)C2CCC2(C)C(C3=CCC=C3)CC3OC321.COc1cc(N)c(Cl)cc1C(=O)NC1CCN(CCCOc2ccc(C)cc2)CC1OC.Cc1cc(O)c(CCN)cc1O.Cc1ccc(C2CC(=O)c3c(O)cc(O)cc3O2)cc1.O=C1CC(c2ccccc2)Oc2ccccc21.O=C1c2ccc(O)c(O)c2C(=O)c2c(O)ccc(O)c21. The molecule has 1 amide bonds. The maximum Gasteiger partial charge on any atom is 0.255 e. The van der Waals surface area contributed by atoms with Gasteiger partial charge in [0.1, 0.15) is 80.9 Å². The number of anilines is 1. The zero-order valence-corrected chi connectivity index (χ0v) is 82.4. The predicted molar refractivity (Wildman–Crippen MR) is 538 cm³/mol. The Morgan fingerprint density at radius 1 is 0.611 bits per heavy atom. The van der Waals surface area contributed by atoms with E-state index in [1.807, 2.05) is 137 Å². The molecule has 11 unspecified atom stereocenters. The topological polar surface area (TPSA) is 505 Å². The number of hydrogen-bond donors (Lipinski definition) is 15. The summed E-state index contributed by atoms with van der Waals surface area (Å²) in [6, 6.07) is 48.3. The summed E-state index contributed by atoms with van der Waals surface area (Å²) in [6.45, 7) is 20.9. The molecule has 0 radical (unpaired) electrons. The average Bonchev–Trinajstić information content (AvgIpc) is 1.45. The highest BCUT2D eigenvalue weighted by Gasteiger charge is 2.87. The molecular weight excluding hydrogens is 1860 g/mol. The minimum Gasteiger partial charge on any atom is -0.508 e. The van der Waals surface area contributed by atoms with Gasteiger partial charge < -0.3 is 111 Å². The first-order valence-corrected chi connectivity index (χ1v) is 47.7. The molecule has 754 valence electrons. The molecule has 2 saturated carbocycles. The molecule has 20 rings (SSSR count). The van der Waals surface area contributed by atoms with Crippen molar-refractivity contribution in [2.24, 2.45) is 39.2 Å². The summed E-state index contributed by atoms with van der Waals surface area (Å²) in [5, 5.41) is 118. The van der Waals surface area contributed by atoms with E-state index in [-0.39, 0.29) is 145 Å². The number of halogens is 1. The molecule has 10 aromatic rings. The molecule has 6 aliphatic carbocycles. The van der Waals surface area contributed by atoms with Crippen LogP contribution in [0.5, 0.6) is 86.2 Å². The zero-order chi connectivity index (χ0) is 104. The van der Waals surface area contributed by atoms with Gasteiger partial charge in [-0.05, 0) is 230 Å². The van der Waals surface area contributed by atoms with Crippen molar-refractivity contribution in [3.63, 3.8) is 0 Å². The number of fused-ring (bicyclic) bond motifs is 7. The number of nitrogens with zero attached hydrogens (tertiary/aromatic N) is 1. The number of benzene rings is 10. The Kier molecular flexibility index (Phi) is 31.1. The number of Topliss-reactive ketones (excluding diaryl/α,β-unsaturated/α-hetero) is 4. The zero-order valence-electron chi connectivity index (χ0n) is 81.6. The van der Waals surface area contributed by atoms with Gasteiger partial charge in [-0.1, -0.05) is 140 Å². The number of methoxy groups -OCH3 is 2. The van der Waals surface area contributed by atoms with E-state index in [0.717, 1.165) is 117 Å². The van der Waals surface area contributed by atoms with E-state index in [9.17, 15) is 84.3 Å². The number of para-hydroxylation sites is 1. The van der Waals surface area contributed by atoms with Gasteiger partial charge in [-0.3, -0.25) is 38.4 Å². The first-order valence-electron chi connectivity index (χ1n) is 47.3. The Morgan fingerprint density at radius 3 is 1.88 bits per heavy atom. The Bertz CT molecular complexity index is 6780. The number of phenolic OH excluding ortho intramolecular Hbond substituents is 11. The summed E-state index contributed by atoms with van der Waals surface area (Å²) in [7, 11) is 3.17. The second-order valence-corrected chi connectivity index (χ2v) is 39.0. The van der Waals surface area contributed by atoms with Gasteiger partial charge in [0.25, 0.3) is 5.91 Å². The number of aromatic hydroxyl groups is 11. The molecule has 0 bridgehead atoms. The van der Waals surface area contributed by atoms with Crippen LogP contribution in [-0.4, -0.2) is 183 Å². The number of piperidine rings is 1. The number of phenols is 11. The maximum absolute atomic E-state index is 14.1. The molecule has 0 aromatic heterocycles. The number of nitrogens with one attached hydrogen (secondary N) is 1. The molecule has 144 heavy (non-hydrogen) atoms. The van der Waals surface area contributed by atoms with Gasteiger partial charge in [0.05, 0.1) is 94.2 Å². The molecule has 11 atom stereocenters. The van der Waals surface area contributed by atoms with Gasteiger partial charge in [-0.25, -0.2) is 0 Å². The highest BCUT2D eigenvalue weighted by atomic mass is 35.5. The fraction of sp³-hybridized carbons (Fsp3) is 0.327. The van der Waals surface area contributed by atoms with Gasteiger partial charge in [-0.2, -0.15) is 0 Å². The number of carbonyl (C=O) groups excluding carboxylic acids is 8. The Hall–Kier alpha value is -15.0. The van der Waals surface area contributed by atoms with Gasteiger partial charge >= 0.3 is 0 Å². The van der Waals surface area contributed by atoms with E-state index in [1.54, 1.807) is 38.3 Å². The average molecular weight is 1980 g/mol. The number of hydrogen-bond acceptors (Lipinski definition) is 29. The van der Waals surface area contributed by atoms with Gasteiger partial charge in [0.2, 0.25) is 11.6 Å². The van der Waals surface area contributed by atoms with Crippen LogP contribution >= 0.6 is 11.6 Å². The van der Waals surface area contributed by atoms with Crippen LogP contribution in [0.4, 0.5) is 5.69 Å². The van der Waals surface area contributed by atoms with Crippen molar-refractivity contribution in [3.05, 3.63) is 306 Å². The molecule has 2 saturated heterocycles. The van der Waals surface area contributed by atoms with E-state index >= 15 is 0 Å². The van der Waals surface area contributed by atoms with E-state index in [1.165, 1.54) is 43.4 Å². The lowest BCUT2D eigenvalue weighted by atomic mass is 9.39. The molecule has 31 heteroatoms. The van der Waals surface area contributed by atoms with Crippen molar-refractivity contribution in [2.45, 2.75) is 156 Å². The van der Waals surface area contributed by atoms with Crippen LogP contribution in [-0.2, 0) is 25.5 Å². The summed E-state index contributed by atoms with van der Waals surface area (Å²) in [6.07, 6.45) is 16.5. The van der Waals surface area contributed by atoms with Crippen molar-refractivity contribution in [2.75, 3.05) is 52.7 Å². The standard InChI is InChI=1S/C27H32O4.C24H32ClN3O4.C16H14O4.C15H12O2.C14H8O6.C9H13NO2.C8H8O4/c1-23(2)18(28)11-12-24(3)17-10-13-25(4)16(15-8-6-7-9-15)14-19-27(25,31-19)26(17,5)22(30)20(29)21(23)24;1-16-5-7-17(8-6-16)32-12-4-10-28-11-9-21(23(15-28)31-3)27-24(29)18-13-19(25)20(26)14-22(18)30-2;1-9-2-4-10(5-3-9)14-8-13(19)16-12(18)6-11(17)7-15(16)20-14;16-13-10-15(11-6-2-1-3-7-11)17-14-9-5-4-8-12(13)14;15-6-3-4-7(16)11-10(6)12(18)5-1-2-8(17)13(19)9(5)14(11)20;1-6-4-9(12)7(2-3-10)5-8(6)11;1-4(9)5-2-6(10)8(12)7(11)3-5/h6,8-9,11-12,16-17,19,29H,7,10,13-14H2,1-5H3;5-8,13-14,21,23H,4,9-12,15,26H2,1-3H3,(H,27,29);2-7,14,17-18H,8H2,1H3;1-9,15H,10H2;1-4,15-17,19H;4-5,11-12H,2-3,10H2,1H3;2-3,10-12H,1H3. The molecule has 4 fully saturated rings. The van der Waals surface area contributed by atoms with Crippen LogP contribution in [0.1, 0.15) is 212 Å².